The van der Waals surface area contributed by atoms with Crippen LogP contribution in [0.3, 0.4) is 0 Å². The highest BCUT2D eigenvalue weighted by molar-refractivity contribution is 5.36. The van der Waals surface area contributed by atoms with Crippen LogP contribution in [0.2, 0.25) is 0 Å². The summed E-state index contributed by atoms with van der Waals surface area (Å²) < 4.78 is 2.25. The average molecular weight is 288 g/mol. The maximum Gasteiger partial charge on any atom is 0.206 e. The van der Waals surface area contributed by atoms with Crippen molar-refractivity contribution in [3.63, 3.8) is 0 Å². The van der Waals surface area contributed by atoms with Gasteiger partial charge in [0.15, 0.2) is 0 Å². The van der Waals surface area contributed by atoms with Crippen molar-refractivity contribution in [2.75, 3.05) is 11.4 Å². The van der Waals surface area contributed by atoms with E-state index in [4.69, 9.17) is 4.98 Å². The first-order valence-electron chi connectivity index (χ1n) is 8.38. The Morgan fingerprint density at radius 2 is 2.14 bits per heavy atom. The van der Waals surface area contributed by atoms with Crippen molar-refractivity contribution in [1.82, 2.24) is 14.9 Å². The van der Waals surface area contributed by atoms with E-state index in [1.54, 1.807) is 0 Å². The second-order valence-electron chi connectivity index (χ2n) is 6.58. The van der Waals surface area contributed by atoms with Crippen molar-refractivity contribution in [3.05, 3.63) is 24.5 Å². The van der Waals surface area contributed by atoms with E-state index >= 15 is 0 Å². The summed E-state index contributed by atoms with van der Waals surface area (Å²) in [4.78, 5) is 7.37. The van der Waals surface area contributed by atoms with Gasteiger partial charge in [0.2, 0.25) is 5.95 Å². The zero-order valence-electron chi connectivity index (χ0n) is 13.4. The molecule has 2 unspecified atom stereocenters. The van der Waals surface area contributed by atoms with Crippen molar-refractivity contribution in [2.24, 2.45) is 0 Å². The van der Waals surface area contributed by atoms with E-state index in [0.717, 1.165) is 36.8 Å². The number of nitrogens with one attached hydrogen (secondary N) is 1. The lowest BCUT2D eigenvalue weighted by molar-refractivity contribution is 0.343. The Bertz CT molecular complexity index is 481. The molecule has 2 fully saturated rings. The van der Waals surface area contributed by atoms with Gasteiger partial charge in [-0.3, -0.25) is 0 Å². The summed E-state index contributed by atoms with van der Waals surface area (Å²) >= 11 is 0. The van der Waals surface area contributed by atoms with Gasteiger partial charge in [-0.1, -0.05) is 13.0 Å². The minimum atomic E-state index is 0.633. The third kappa shape index (κ3) is 3.00. The van der Waals surface area contributed by atoms with E-state index in [9.17, 15) is 0 Å². The second kappa shape index (κ2) is 6.22. The summed E-state index contributed by atoms with van der Waals surface area (Å²) in [5.74, 6) is 1.14. The molecule has 4 nitrogen and oxygen atoms in total. The van der Waals surface area contributed by atoms with Gasteiger partial charge in [-0.15, -0.1) is 6.58 Å². The summed E-state index contributed by atoms with van der Waals surface area (Å²) in [6.45, 7) is 10.2. The lowest BCUT2D eigenvalue weighted by Crippen LogP contribution is -2.49. The monoisotopic (exact) mass is 288 g/mol. The minimum Gasteiger partial charge on any atom is -0.339 e. The molecular formula is C17H28N4. The van der Waals surface area contributed by atoms with Gasteiger partial charge < -0.3 is 14.8 Å². The number of nitrogens with zero attached hydrogens (tertiary/aromatic N) is 3. The number of rotatable bonds is 6. The molecule has 0 spiro atoms. The highest BCUT2D eigenvalue weighted by Gasteiger charge is 2.36. The fourth-order valence-corrected chi connectivity index (χ4v) is 4.01. The molecule has 2 bridgehead atoms. The van der Waals surface area contributed by atoms with Crippen molar-refractivity contribution >= 4 is 5.95 Å². The number of allylic oxidation sites excluding steroid dienone is 1. The van der Waals surface area contributed by atoms with Gasteiger partial charge in [0, 0.05) is 37.4 Å². The van der Waals surface area contributed by atoms with Crippen molar-refractivity contribution < 1.29 is 0 Å². The van der Waals surface area contributed by atoms with Crippen LogP contribution in [0.4, 0.5) is 5.95 Å². The molecule has 2 atom stereocenters. The molecule has 0 saturated carbocycles. The molecule has 116 valence electrons. The second-order valence-corrected chi connectivity index (χ2v) is 6.58. The van der Waals surface area contributed by atoms with E-state index in [0.29, 0.717) is 6.04 Å². The van der Waals surface area contributed by atoms with Crippen molar-refractivity contribution in [1.29, 1.82) is 0 Å². The minimum absolute atomic E-state index is 0.633. The van der Waals surface area contributed by atoms with Crippen LogP contribution >= 0.6 is 0 Å². The molecule has 1 N–H and O–H groups in total. The number of hydrogen-bond acceptors (Lipinski definition) is 3. The first kappa shape index (κ1) is 14.6. The largest absolute Gasteiger partial charge is 0.339 e. The number of hydrogen-bond donors (Lipinski definition) is 1. The maximum absolute atomic E-state index is 4.81. The number of piperidine rings is 1. The fraction of sp³-hybridized carbons (Fsp3) is 0.706. The van der Waals surface area contributed by atoms with Crippen molar-refractivity contribution in [3.8, 4) is 0 Å². The first-order valence-corrected chi connectivity index (χ1v) is 8.38. The van der Waals surface area contributed by atoms with Gasteiger partial charge in [-0.05, 0) is 39.0 Å². The quantitative estimate of drug-likeness (QED) is 0.817. The SMILES string of the molecule is C=CCn1cc(C)nc1N(CCC)C1CC2CCC(C1)N2. The molecular weight excluding hydrogens is 260 g/mol. The van der Waals surface area contributed by atoms with Crippen LogP contribution in [0.15, 0.2) is 18.9 Å². The van der Waals surface area contributed by atoms with Gasteiger partial charge in [0.05, 0.1) is 5.69 Å². The summed E-state index contributed by atoms with van der Waals surface area (Å²) in [5.41, 5.74) is 1.10. The van der Waals surface area contributed by atoms with E-state index in [1.165, 1.54) is 32.1 Å². The first-order chi connectivity index (χ1) is 10.2. The fourth-order valence-electron chi connectivity index (χ4n) is 4.01. The average Bonchev–Trinajstić information content (AvgIpc) is 2.99. The molecule has 0 amide bonds. The molecule has 3 rings (SSSR count). The standard InChI is InChI=1S/C17H28N4/c1-4-8-20-12-13(3)18-17(20)21(9-5-2)16-10-14-6-7-15(11-16)19-14/h4,12,14-16,19H,1,5-11H2,2-3H3. The molecule has 4 heteroatoms. The third-order valence-corrected chi connectivity index (χ3v) is 4.81. The van der Waals surface area contributed by atoms with Crippen molar-refractivity contribution in [2.45, 2.75) is 70.6 Å². The lowest BCUT2D eigenvalue weighted by Gasteiger charge is -2.38. The summed E-state index contributed by atoms with van der Waals surface area (Å²) in [6, 6.07) is 2.07. The predicted molar refractivity (Wildman–Crippen MR) is 87.8 cm³/mol. The molecule has 2 aliphatic rings. The Labute approximate surface area is 128 Å². The van der Waals surface area contributed by atoms with E-state index in [1.807, 2.05) is 6.08 Å². The smallest absolute Gasteiger partial charge is 0.206 e. The highest BCUT2D eigenvalue weighted by atomic mass is 15.3. The van der Waals surface area contributed by atoms with E-state index in [-0.39, 0.29) is 0 Å². The van der Waals surface area contributed by atoms with Crippen LogP contribution in [-0.2, 0) is 6.54 Å². The zero-order valence-corrected chi connectivity index (χ0v) is 13.4. The van der Waals surface area contributed by atoms with Gasteiger partial charge in [0.1, 0.15) is 0 Å². The predicted octanol–water partition coefficient (Wildman–Crippen LogP) is 2.88. The number of aromatic nitrogens is 2. The highest BCUT2D eigenvalue weighted by Crippen LogP contribution is 2.32. The normalized spacial score (nSPS) is 27.8. The number of anilines is 1. The molecule has 1 aromatic rings. The molecule has 0 aliphatic carbocycles. The van der Waals surface area contributed by atoms with Crippen LogP contribution in [0.1, 0.15) is 44.7 Å². The topological polar surface area (TPSA) is 33.1 Å². The number of fused-ring (bicyclic) bond motifs is 2. The Balaban J connectivity index is 1.85. The molecule has 0 aromatic carbocycles. The molecule has 2 aliphatic heterocycles. The molecule has 2 saturated heterocycles. The molecule has 3 heterocycles. The Kier molecular flexibility index (Phi) is 4.34. The third-order valence-electron chi connectivity index (χ3n) is 4.81. The van der Waals surface area contributed by atoms with Gasteiger partial charge >= 0.3 is 0 Å². The van der Waals surface area contributed by atoms with Crippen LogP contribution in [0, 0.1) is 6.92 Å². The van der Waals surface area contributed by atoms with Gasteiger partial charge in [-0.2, -0.15) is 0 Å². The maximum atomic E-state index is 4.81. The van der Waals surface area contributed by atoms with Crippen LogP contribution in [0.5, 0.6) is 0 Å². The summed E-state index contributed by atoms with van der Waals surface area (Å²) in [7, 11) is 0. The Morgan fingerprint density at radius 3 is 2.76 bits per heavy atom. The number of aryl methyl sites for hydroxylation is 1. The molecule has 0 radical (unpaired) electrons. The Hall–Kier alpha value is -1.29. The van der Waals surface area contributed by atoms with Crippen LogP contribution < -0.4 is 10.2 Å². The zero-order chi connectivity index (χ0) is 14.8. The Morgan fingerprint density at radius 1 is 1.43 bits per heavy atom. The molecule has 1 aromatic heterocycles. The lowest BCUT2D eigenvalue weighted by atomic mass is 9.98. The van der Waals surface area contributed by atoms with Crippen LogP contribution in [0.25, 0.3) is 0 Å². The summed E-state index contributed by atoms with van der Waals surface area (Å²) in [6.07, 6.45) is 10.5. The van der Waals surface area contributed by atoms with Gasteiger partial charge in [-0.25, -0.2) is 4.98 Å². The summed E-state index contributed by atoms with van der Waals surface area (Å²) in [5, 5.41) is 3.74. The van der Waals surface area contributed by atoms with Crippen LogP contribution in [-0.4, -0.2) is 34.2 Å². The van der Waals surface area contributed by atoms with E-state index in [2.05, 4.69) is 41.4 Å². The van der Waals surface area contributed by atoms with E-state index < -0.39 is 0 Å². The molecule has 21 heavy (non-hydrogen) atoms. The van der Waals surface area contributed by atoms with Gasteiger partial charge in [0.25, 0.3) is 0 Å². The number of imidazole rings is 1.